The number of hydrogen-bond acceptors (Lipinski definition) is 4. The molecule has 1 heterocycles. The standard InChI is InChI=1S/C28H34F3N5O3/c1-15(2)36-22(11-12-33-36)26(38)35-24(23(16-3-4-16)17-5-6-17)27(39)34-19-8-10-20-18(13-19)7-9-21(20)25(37)32-14-28(29,30)31/h8,10-13,15-17,21,23-24H,3-7,9,14H2,1-2H3,(H,32,37)(H,34,39)(H,35,38)/t21-,24-/m0/s1. The average Bonchev–Trinajstić information content (AvgIpc) is 3.80. The van der Waals surface area contributed by atoms with Gasteiger partial charge in [0.2, 0.25) is 11.8 Å². The summed E-state index contributed by atoms with van der Waals surface area (Å²) >= 11 is 0. The van der Waals surface area contributed by atoms with Crippen LogP contribution in [0.3, 0.4) is 0 Å². The molecule has 0 unspecified atom stereocenters. The van der Waals surface area contributed by atoms with Gasteiger partial charge in [-0.3, -0.25) is 19.1 Å². The van der Waals surface area contributed by atoms with Crippen molar-refractivity contribution in [2.75, 3.05) is 11.9 Å². The Morgan fingerprint density at radius 3 is 2.36 bits per heavy atom. The number of carbonyl (C=O) groups is 3. The van der Waals surface area contributed by atoms with Crippen molar-refractivity contribution in [3.63, 3.8) is 0 Å². The molecule has 1 aromatic heterocycles. The molecule has 39 heavy (non-hydrogen) atoms. The number of anilines is 1. The van der Waals surface area contributed by atoms with Crippen molar-refractivity contribution < 1.29 is 27.6 Å². The number of nitrogens with zero attached hydrogens (tertiary/aromatic N) is 2. The van der Waals surface area contributed by atoms with Crippen molar-refractivity contribution >= 4 is 23.4 Å². The van der Waals surface area contributed by atoms with Crippen LogP contribution >= 0.6 is 0 Å². The Balaban J connectivity index is 1.31. The first-order valence-corrected chi connectivity index (χ1v) is 13.6. The van der Waals surface area contributed by atoms with Crippen molar-refractivity contribution in [3.05, 3.63) is 47.3 Å². The quantitative estimate of drug-likeness (QED) is 0.413. The highest BCUT2D eigenvalue weighted by molar-refractivity contribution is 6.01. The lowest BCUT2D eigenvalue weighted by molar-refractivity contribution is -0.139. The summed E-state index contributed by atoms with van der Waals surface area (Å²) in [7, 11) is 0. The first-order valence-electron chi connectivity index (χ1n) is 13.6. The lowest BCUT2D eigenvalue weighted by atomic mass is 9.88. The van der Waals surface area contributed by atoms with Crippen LogP contribution in [-0.4, -0.2) is 46.3 Å². The Bertz CT molecular complexity index is 1240. The summed E-state index contributed by atoms with van der Waals surface area (Å²) in [6.07, 6.45) is 2.21. The number of nitrogens with one attached hydrogen (secondary N) is 3. The number of alkyl halides is 3. The maximum atomic E-state index is 13.7. The molecule has 2 saturated carbocycles. The normalized spacial score (nSPS) is 19.6. The number of carbonyl (C=O) groups excluding carboxylic acids is 3. The van der Waals surface area contributed by atoms with Gasteiger partial charge in [-0.25, -0.2) is 0 Å². The van der Waals surface area contributed by atoms with Crippen LogP contribution in [0.2, 0.25) is 0 Å². The highest BCUT2D eigenvalue weighted by atomic mass is 19.4. The largest absolute Gasteiger partial charge is 0.405 e. The third-order valence-electron chi connectivity index (χ3n) is 7.95. The van der Waals surface area contributed by atoms with Gasteiger partial charge in [-0.15, -0.1) is 0 Å². The molecule has 0 bridgehead atoms. The molecule has 0 saturated heterocycles. The first-order chi connectivity index (χ1) is 18.5. The van der Waals surface area contributed by atoms with E-state index in [0.29, 0.717) is 41.6 Å². The molecule has 2 aromatic rings. The van der Waals surface area contributed by atoms with Gasteiger partial charge in [-0.1, -0.05) is 6.07 Å². The van der Waals surface area contributed by atoms with Crippen molar-refractivity contribution in [1.29, 1.82) is 0 Å². The average molecular weight is 546 g/mol. The summed E-state index contributed by atoms with van der Waals surface area (Å²) in [6, 6.07) is 6.07. The van der Waals surface area contributed by atoms with Crippen LogP contribution in [-0.2, 0) is 16.0 Å². The molecule has 2 atom stereocenters. The van der Waals surface area contributed by atoms with E-state index in [2.05, 4.69) is 15.7 Å². The Morgan fingerprint density at radius 2 is 1.74 bits per heavy atom. The van der Waals surface area contributed by atoms with E-state index in [0.717, 1.165) is 31.2 Å². The van der Waals surface area contributed by atoms with Gasteiger partial charge in [0.25, 0.3) is 5.91 Å². The molecule has 210 valence electrons. The lowest BCUT2D eigenvalue weighted by Crippen LogP contribution is -2.50. The van der Waals surface area contributed by atoms with Gasteiger partial charge in [-0.2, -0.15) is 18.3 Å². The Kier molecular flexibility index (Phi) is 7.43. The van der Waals surface area contributed by atoms with E-state index in [9.17, 15) is 27.6 Å². The zero-order valence-corrected chi connectivity index (χ0v) is 22.1. The van der Waals surface area contributed by atoms with Crippen LogP contribution in [0, 0.1) is 17.8 Å². The number of amides is 3. The minimum atomic E-state index is -4.47. The van der Waals surface area contributed by atoms with E-state index in [1.54, 1.807) is 35.1 Å². The Hall–Kier alpha value is -3.37. The van der Waals surface area contributed by atoms with Crippen LogP contribution in [0.5, 0.6) is 0 Å². The predicted molar refractivity (Wildman–Crippen MR) is 138 cm³/mol. The number of aryl methyl sites for hydroxylation is 1. The van der Waals surface area contributed by atoms with Crippen molar-refractivity contribution in [2.24, 2.45) is 17.8 Å². The third-order valence-corrected chi connectivity index (χ3v) is 7.95. The molecule has 1 aromatic carbocycles. The number of benzene rings is 1. The topological polar surface area (TPSA) is 105 Å². The van der Waals surface area contributed by atoms with Gasteiger partial charge in [-0.05, 0) is 99.5 Å². The van der Waals surface area contributed by atoms with Crippen LogP contribution in [0.4, 0.5) is 18.9 Å². The zero-order chi connectivity index (χ0) is 27.9. The van der Waals surface area contributed by atoms with Crippen LogP contribution in [0.1, 0.15) is 79.5 Å². The van der Waals surface area contributed by atoms with Gasteiger partial charge >= 0.3 is 6.18 Å². The predicted octanol–water partition coefficient (Wildman–Crippen LogP) is 4.35. The summed E-state index contributed by atoms with van der Waals surface area (Å²) < 4.78 is 39.2. The summed E-state index contributed by atoms with van der Waals surface area (Å²) in [5.74, 6) is -1.07. The SMILES string of the molecule is CC(C)n1nccc1C(=O)N[C@H](C(=O)Nc1ccc2c(c1)CC[C@@H]2C(=O)NCC(F)(F)F)C(C1CC1)C1CC1. The molecule has 3 aliphatic rings. The van der Waals surface area contributed by atoms with Gasteiger partial charge in [0.1, 0.15) is 18.3 Å². The second-order valence-electron chi connectivity index (χ2n) is 11.3. The van der Waals surface area contributed by atoms with E-state index >= 15 is 0 Å². The maximum Gasteiger partial charge on any atom is 0.405 e. The fraction of sp³-hybridized carbons (Fsp3) is 0.571. The second-order valence-corrected chi connectivity index (χ2v) is 11.3. The number of hydrogen-bond donors (Lipinski definition) is 3. The van der Waals surface area contributed by atoms with Crippen LogP contribution in [0.25, 0.3) is 0 Å². The molecule has 5 rings (SSSR count). The number of fused-ring (bicyclic) bond motifs is 1. The van der Waals surface area contributed by atoms with Crippen LogP contribution in [0.15, 0.2) is 30.5 Å². The van der Waals surface area contributed by atoms with E-state index < -0.39 is 30.6 Å². The zero-order valence-electron chi connectivity index (χ0n) is 22.1. The van der Waals surface area contributed by atoms with E-state index in [-0.39, 0.29) is 23.8 Å². The summed E-state index contributed by atoms with van der Waals surface area (Å²) in [5.41, 5.74) is 2.43. The highest BCUT2D eigenvalue weighted by Gasteiger charge is 2.48. The van der Waals surface area contributed by atoms with E-state index in [1.807, 2.05) is 19.2 Å². The molecule has 0 spiro atoms. The molecule has 0 radical (unpaired) electrons. The number of rotatable bonds is 10. The van der Waals surface area contributed by atoms with Gasteiger partial charge < -0.3 is 16.0 Å². The molecule has 3 aliphatic carbocycles. The smallest absolute Gasteiger partial charge is 0.346 e. The van der Waals surface area contributed by atoms with E-state index in [1.165, 1.54) is 0 Å². The van der Waals surface area contributed by atoms with Crippen molar-refractivity contribution in [3.8, 4) is 0 Å². The maximum absolute atomic E-state index is 13.7. The van der Waals surface area contributed by atoms with Crippen molar-refractivity contribution in [1.82, 2.24) is 20.4 Å². The monoisotopic (exact) mass is 545 g/mol. The van der Waals surface area contributed by atoms with Gasteiger partial charge in [0, 0.05) is 17.9 Å². The molecule has 3 N–H and O–H groups in total. The minimum absolute atomic E-state index is 0.0125. The fourth-order valence-electron chi connectivity index (χ4n) is 5.85. The molecular formula is C28H34F3N5O3. The Morgan fingerprint density at radius 1 is 1.05 bits per heavy atom. The molecule has 11 heteroatoms. The molecule has 8 nitrogen and oxygen atoms in total. The lowest BCUT2D eigenvalue weighted by Gasteiger charge is -2.28. The summed E-state index contributed by atoms with van der Waals surface area (Å²) in [4.78, 5) is 39.3. The molecule has 0 aliphatic heterocycles. The van der Waals surface area contributed by atoms with Crippen LogP contribution < -0.4 is 16.0 Å². The number of aromatic nitrogens is 2. The fourth-order valence-corrected chi connectivity index (χ4v) is 5.85. The second kappa shape index (κ2) is 10.7. The number of halogens is 3. The summed E-state index contributed by atoms with van der Waals surface area (Å²) in [5, 5.41) is 12.2. The van der Waals surface area contributed by atoms with E-state index in [4.69, 9.17) is 0 Å². The Labute approximate surface area is 225 Å². The molecule has 3 amide bonds. The van der Waals surface area contributed by atoms with Gasteiger partial charge in [0.15, 0.2) is 0 Å². The van der Waals surface area contributed by atoms with Crippen molar-refractivity contribution in [2.45, 2.75) is 76.6 Å². The summed E-state index contributed by atoms with van der Waals surface area (Å²) in [6.45, 7) is 2.51. The minimum Gasteiger partial charge on any atom is -0.346 e. The highest BCUT2D eigenvalue weighted by Crippen LogP contribution is 2.51. The first kappa shape index (κ1) is 27.2. The van der Waals surface area contributed by atoms with Gasteiger partial charge in [0.05, 0.1) is 5.92 Å². The molecule has 2 fully saturated rings. The third kappa shape index (κ3) is 6.28. The molecular weight excluding hydrogens is 511 g/mol.